The molecule has 1 aromatic heterocycles. The summed E-state index contributed by atoms with van der Waals surface area (Å²) in [4.78, 5) is 35.6. The molecule has 0 saturated carbocycles. The summed E-state index contributed by atoms with van der Waals surface area (Å²) in [6.45, 7) is 4.67. The van der Waals surface area contributed by atoms with Gasteiger partial charge in [-0.3, -0.25) is 9.78 Å². The van der Waals surface area contributed by atoms with Crippen molar-refractivity contribution in [2.75, 3.05) is 7.11 Å². The summed E-state index contributed by atoms with van der Waals surface area (Å²) in [5.41, 5.74) is -1.24. The molecule has 11 heteroatoms. The number of aryl methyl sites for hydroxylation is 1. The van der Waals surface area contributed by atoms with E-state index in [2.05, 4.69) is 19.7 Å². The third kappa shape index (κ3) is 5.79. The Kier molecular flexibility index (Phi) is 8.27. The maximum atomic E-state index is 13.3. The zero-order valence-corrected chi connectivity index (χ0v) is 21.5. The van der Waals surface area contributed by atoms with E-state index in [9.17, 15) is 22.8 Å². The van der Waals surface area contributed by atoms with E-state index < -0.39 is 29.7 Å². The first-order chi connectivity index (χ1) is 16.8. The zero-order chi connectivity index (χ0) is 26.8. The maximum absolute atomic E-state index is 13.3. The van der Waals surface area contributed by atoms with Crippen LogP contribution in [0.4, 0.5) is 13.2 Å². The Morgan fingerprint density at radius 1 is 1.08 bits per heavy atom. The molecule has 1 N–H and O–H groups in total. The van der Waals surface area contributed by atoms with Gasteiger partial charge in [0, 0.05) is 29.7 Å². The van der Waals surface area contributed by atoms with Gasteiger partial charge in [0.2, 0.25) is 5.60 Å². The van der Waals surface area contributed by atoms with Gasteiger partial charge < -0.3 is 4.74 Å². The molecule has 0 unspecified atom stereocenters. The standard InChI is InChI=1S/C25H24Cl2F3N3O3/c1-13(2)16-12-15(7-9-18(16)26)21-31-22(33-23(35)32-21)17-11-14(5-8-19(17)27)6-10-20(34)24(3,36-4)25(28,29)30/h5,7-9,11-13H,6,10H2,1-4H3,(H,31,32,33,35)/t24-/m1/s1. The van der Waals surface area contributed by atoms with Crippen molar-refractivity contribution in [2.45, 2.75) is 51.3 Å². The molecule has 0 fully saturated rings. The third-order valence-corrected chi connectivity index (χ3v) is 6.61. The van der Waals surface area contributed by atoms with E-state index in [1.807, 2.05) is 19.9 Å². The fraction of sp³-hybridized carbons (Fsp3) is 0.360. The number of rotatable bonds is 8. The number of alkyl halides is 3. The number of carbonyl (C=O) groups is 1. The number of hydrogen-bond acceptors (Lipinski definition) is 5. The number of ether oxygens (including phenoxy) is 1. The van der Waals surface area contributed by atoms with Crippen LogP contribution in [-0.4, -0.2) is 39.6 Å². The van der Waals surface area contributed by atoms with E-state index in [1.54, 1.807) is 24.3 Å². The molecule has 3 rings (SSSR count). The molecule has 2 aromatic carbocycles. The fourth-order valence-electron chi connectivity index (χ4n) is 3.56. The van der Waals surface area contributed by atoms with Gasteiger partial charge >= 0.3 is 11.9 Å². The summed E-state index contributed by atoms with van der Waals surface area (Å²) < 4.78 is 44.4. The van der Waals surface area contributed by atoms with Crippen LogP contribution >= 0.6 is 23.2 Å². The third-order valence-electron chi connectivity index (χ3n) is 5.93. The normalized spacial score (nSPS) is 13.6. The second-order valence-electron chi connectivity index (χ2n) is 8.69. The molecule has 0 aliphatic rings. The van der Waals surface area contributed by atoms with Crippen molar-refractivity contribution in [3.8, 4) is 22.8 Å². The number of ketones is 1. The quantitative estimate of drug-likeness (QED) is 0.356. The molecule has 0 aliphatic heterocycles. The average Bonchev–Trinajstić information content (AvgIpc) is 2.81. The number of hydrogen-bond donors (Lipinski definition) is 1. The number of carbonyl (C=O) groups excluding carboxylic acids is 1. The Morgan fingerprint density at radius 3 is 2.36 bits per heavy atom. The van der Waals surface area contributed by atoms with Crippen LogP contribution in [0.15, 0.2) is 41.2 Å². The van der Waals surface area contributed by atoms with Crippen LogP contribution in [0.2, 0.25) is 10.0 Å². The molecule has 1 atom stereocenters. The van der Waals surface area contributed by atoms with Crippen molar-refractivity contribution in [3.63, 3.8) is 0 Å². The first-order valence-corrected chi connectivity index (χ1v) is 11.7. The minimum Gasteiger partial charge on any atom is -0.362 e. The maximum Gasteiger partial charge on any atom is 0.424 e. The van der Waals surface area contributed by atoms with E-state index in [1.165, 1.54) is 6.07 Å². The van der Waals surface area contributed by atoms with Crippen LogP contribution in [-0.2, 0) is 16.0 Å². The van der Waals surface area contributed by atoms with E-state index in [4.69, 9.17) is 23.2 Å². The predicted molar refractivity (Wildman–Crippen MR) is 132 cm³/mol. The Balaban J connectivity index is 1.95. The Morgan fingerprint density at radius 2 is 1.75 bits per heavy atom. The van der Waals surface area contributed by atoms with Crippen molar-refractivity contribution in [3.05, 3.63) is 68.1 Å². The smallest absolute Gasteiger partial charge is 0.362 e. The molecule has 3 aromatic rings. The molecule has 192 valence electrons. The summed E-state index contributed by atoms with van der Waals surface area (Å²) in [5.74, 6) is -0.688. The Bertz CT molecular complexity index is 1340. The van der Waals surface area contributed by atoms with Crippen LogP contribution in [0, 0.1) is 0 Å². The number of methoxy groups -OCH3 is 1. The van der Waals surface area contributed by atoms with Gasteiger partial charge in [-0.25, -0.2) is 9.78 Å². The second-order valence-corrected chi connectivity index (χ2v) is 9.50. The minimum absolute atomic E-state index is 0.00482. The van der Waals surface area contributed by atoms with Gasteiger partial charge in [0.05, 0.1) is 5.02 Å². The van der Waals surface area contributed by atoms with Crippen LogP contribution in [0.5, 0.6) is 0 Å². The summed E-state index contributed by atoms with van der Waals surface area (Å²) in [7, 11) is 0.847. The summed E-state index contributed by atoms with van der Waals surface area (Å²) in [5, 5.41) is 0.834. The first-order valence-electron chi connectivity index (χ1n) is 11.0. The van der Waals surface area contributed by atoms with Gasteiger partial charge in [-0.2, -0.15) is 18.2 Å². The highest BCUT2D eigenvalue weighted by molar-refractivity contribution is 6.33. The van der Waals surface area contributed by atoms with Gasteiger partial charge in [-0.15, -0.1) is 0 Å². The highest BCUT2D eigenvalue weighted by atomic mass is 35.5. The van der Waals surface area contributed by atoms with E-state index in [0.717, 1.165) is 12.7 Å². The first kappa shape index (κ1) is 27.8. The molecule has 0 spiro atoms. The molecule has 1 heterocycles. The number of H-pyrrole nitrogens is 1. The lowest BCUT2D eigenvalue weighted by Crippen LogP contribution is -2.51. The number of Topliss-reactive ketones (excluding diaryl/α,β-unsaturated/α-hetero) is 1. The fourth-order valence-corrected chi connectivity index (χ4v) is 4.10. The molecular formula is C25H24Cl2F3N3O3. The number of nitrogens with one attached hydrogen (secondary N) is 1. The van der Waals surface area contributed by atoms with Gasteiger partial charge in [0.25, 0.3) is 0 Å². The van der Waals surface area contributed by atoms with E-state index in [0.29, 0.717) is 28.6 Å². The highest BCUT2D eigenvalue weighted by Gasteiger charge is 2.56. The molecule has 0 amide bonds. The van der Waals surface area contributed by atoms with Crippen molar-refractivity contribution >= 4 is 29.0 Å². The molecule has 6 nitrogen and oxygen atoms in total. The van der Waals surface area contributed by atoms with Crippen LogP contribution in [0.1, 0.15) is 44.2 Å². The SMILES string of the molecule is CO[C@](C)(C(=O)CCc1ccc(Cl)c(-c2nc(-c3ccc(Cl)c(C(C)C)c3)nc(=O)[nH]2)c1)C(F)(F)F. The molecule has 0 aliphatic carbocycles. The Labute approximate surface area is 215 Å². The summed E-state index contributed by atoms with van der Waals surface area (Å²) in [6, 6.07) is 9.89. The Hall–Kier alpha value is -2.75. The number of aromatic nitrogens is 3. The number of halogens is 5. The molecule has 0 bridgehead atoms. The summed E-state index contributed by atoms with van der Waals surface area (Å²) in [6.07, 6.45) is -5.27. The van der Waals surface area contributed by atoms with E-state index in [-0.39, 0.29) is 29.0 Å². The lowest BCUT2D eigenvalue weighted by atomic mass is 9.94. The number of nitrogens with zero attached hydrogens (tertiary/aromatic N) is 2. The molecule has 0 radical (unpaired) electrons. The largest absolute Gasteiger partial charge is 0.424 e. The van der Waals surface area contributed by atoms with Crippen molar-refractivity contribution in [1.29, 1.82) is 0 Å². The van der Waals surface area contributed by atoms with Gasteiger partial charge in [-0.1, -0.05) is 43.1 Å². The second kappa shape index (κ2) is 10.7. The lowest BCUT2D eigenvalue weighted by molar-refractivity contribution is -0.252. The molecule has 36 heavy (non-hydrogen) atoms. The van der Waals surface area contributed by atoms with Gasteiger partial charge in [-0.05, 0) is 60.7 Å². The van der Waals surface area contributed by atoms with Crippen LogP contribution in [0.3, 0.4) is 0 Å². The molecular weight excluding hydrogens is 518 g/mol. The van der Waals surface area contributed by atoms with Gasteiger partial charge in [0.15, 0.2) is 11.6 Å². The van der Waals surface area contributed by atoms with Crippen molar-refractivity contribution in [1.82, 2.24) is 15.0 Å². The molecule has 0 saturated heterocycles. The average molecular weight is 542 g/mol. The van der Waals surface area contributed by atoms with Gasteiger partial charge in [0.1, 0.15) is 5.82 Å². The number of benzene rings is 2. The minimum atomic E-state index is -4.85. The van der Waals surface area contributed by atoms with Crippen molar-refractivity contribution in [2.24, 2.45) is 0 Å². The van der Waals surface area contributed by atoms with Crippen molar-refractivity contribution < 1.29 is 22.7 Å². The van der Waals surface area contributed by atoms with Crippen LogP contribution in [0.25, 0.3) is 22.8 Å². The number of aromatic amines is 1. The predicted octanol–water partition coefficient (Wildman–Crippen LogP) is 6.40. The highest BCUT2D eigenvalue weighted by Crippen LogP contribution is 2.35. The van der Waals surface area contributed by atoms with E-state index >= 15 is 0 Å². The lowest BCUT2D eigenvalue weighted by Gasteiger charge is -2.29. The topological polar surface area (TPSA) is 84.9 Å². The monoisotopic (exact) mass is 541 g/mol. The zero-order valence-electron chi connectivity index (χ0n) is 20.0. The van der Waals surface area contributed by atoms with Crippen LogP contribution < -0.4 is 5.69 Å². The summed E-state index contributed by atoms with van der Waals surface area (Å²) >= 11 is 12.6.